The van der Waals surface area contributed by atoms with Gasteiger partial charge in [0.15, 0.2) is 0 Å². The number of carbonyl (C=O) groups excluding carboxylic acids is 1. The predicted octanol–water partition coefficient (Wildman–Crippen LogP) is 2.69. The molecule has 0 radical (unpaired) electrons. The van der Waals surface area contributed by atoms with Gasteiger partial charge in [0.2, 0.25) is 0 Å². The Morgan fingerprint density at radius 3 is 2.83 bits per heavy atom. The number of carbonyl (C=O) groups is 1. The molecule has 0 saturated carbocycles. The van der Waals surface area contributed by atoms with E-state index in [0.29, 0.717) is 10.6 Å². The van der Waals surface area contributed by atoms with Crippen molar-refractivity contribution in [3.05, 3.63) is 46.7 Å². The molecule has 1 amide bonds. The Bertz CT molecular complexity index is 701. The number of hydrogen-bond acceptors (Lipinski definition) is 3. The van der Waals surface area contributed by atoms with E-state index in [-0.39, 0.29) is 24.4 Å². The second kappa shape index (κ2) is 7.34. The lowest BCUT2D eigenvalue weighted by atomic mass is 10.1. The van der Waals surface area contributed by atoms with Gasteiger partial charge in [-0.2, -0.15) is 5.10 Å². The van der Waals surface area contributed by atoms with E-state index in [0.717, 1.165) is 31.0 Å². The van der Waals surface area contributed by atoms with E-state index in [1.807, 2.05) is 36.1 Å². The lowest BCUT2D eigenvalue weighted by molar-refractivity contribution is 0.0655. The third-order valence-corrected chi connectivity index (χ3v) is 4.40. The molecule has 23 heavy (non-hydrogen) atoms. The van der Waals surface area contributed by atoms with Gasteiger partial charge in [0.1, 0.15) is 0 Å². The predicted molar refractivity (Wildman–Crippen MR) is 93.9 cm³/mol. The van der Waals surface area contributed by atoms with Gasteiger partial charge in [-0.3, -0.25) is 4.79 Å². The summed E-state index contributed by atoms with van der Waals surface area (Å²) in [4.78, 5) is 14.7. The van der Waals surface area contributed by atoms with Crippen molar-refractivity contribution < 1.29 is 4.79 Å². The Hall–Kier alpha value is -1.56. The van der Waals surface area contributed by atoms with Gasteiger partial charge < -0.3 is 10.2 Å². The summed E-state index contributed by atoms with van der Waals surface area (Å²) in [5.41, 5.74) is 2.23. The van der Waals surface area contributed by atoms with E-state index in [1.54, 1.807) is 10.9 Å². The van der Waals surface area contributed by atoms with Gasteiger partial charge in [-0.05, 0) is 26.0 Å². The summed E-state index contributed by atoms with van der Waals surface area (Å²) in [5, 5.41) is 8.26. The molecule has 0 aliphatic carbocycles. The number of benzene rings is 1. The molecule has 1 aromatic carbocycles. The molecule has 0 bridgehead atoms. The number of para-hydroxylation sites is 1. The molecule has 1 aliphatic heterocycles. The Balaban J connectivity index is 0.00000192. The molecular weight excluding hydrogens is 335 g/mol. The molecule has 3 rings (SSSR count). The quantitative estimate of drug-likeness (QED) is 0.901. The van der Waals surface area contributed by atoms with Crippen LogP contribution in [0.4, 0.5) is 0 Å². The maximum atomic E-state index is 12.8. The van der Waals surface area contributed by atoms with Crippen molar-refractivity contribution >= 4 is 29.9 Å². The van der Waals surface area contributed by atoms with Crippen LogP contribution >= 0.6 is 24.0 Å². The SMILES string of the molecule is Cc1c(C(=O)N2CCNCC2C)cnn1-c1ccccc1Cl.Cl. The number of rotatable bonds is 2. The minimum atomic E-state index is 0. The van der Waals surface area contributed by atoms with Crippen molar-refractivity contribution in [3.8, 4) is 5.69 Å². The van der Waals surface area contributed by atoms with Gasteiger partial charge in [0.05, 0.1) is 28.2 Å². The summed E-state index contributed by atoms with van der Waals surface area (Å²) in [6.07, 6.45) is 1.63. The third kappa shape index (κ3) is 3.37. The highest BCUT2D eigenvalue weighted by molar-refractivity contribution is 6.32. The highest BCUT2D eigenvalue weighted by atomic mass is 35.5. The molecule has 1 N–H and O–H groups in total. The smallest absolute Gasteiger partial charge is 0.257 e. The largest absolute Gasteiger partial charge is 0.333 e. The zero-order chi connectivity index (χ0) is 15.7. The zero-order valence-electron chi connectivity index (χ0n) is 13.1. The van der Waals surface area contributed by atoms with Crippen molar-refractivity contribution in [1.82, 2.24) is 20.0 Å². The number of hydrogen-bond donors (Lipinski definition) is 1. The monoisotopic (exact) mass is 354 g/mol. The molecule has 124 valence electrons. The molecule has 5 nitrogen and oxygen atoms in total. The normalized spacial score (nSPS) is 17.7. The second-order valence-corrected chi connectivity index (χ2v) is 5.97. The summed E-state index contributed by atoms with van der Waals surface area (Å²) in [7, 11) is 0. The Kier molecular flexibility index (Phi) is 5.68. The van der Waals surface area contributed by atoms with Crippen LogP contribution in [0.5, 0.6) is 0 Å². The van der Waals surface area contributed by atoms with Crippen LogP contribution in [0.25, 0.3) is 5.69 Å². The topological polar surface area (TPSA) is 50.2 Å². The van der Waals surface area contributed by atoms with E-state index in [9.17, 15) is 4.79 Å². The Morgan fingerprint density at radius 1 is 1.39 bits per heavy atom. The van der Waals surface area contributed by atoms with Crippen LogP contribution in [0.1, 0.15) is 23.0 Å². The summed E-state index contributed by atoms with van der Waals surface area (Å²) in [6, 6.07) is 7.67. The van der Waals surface area contributed by atoms with Crippen LogP contribution in [-0.2, 0) is 0 Å². The number of aromatic nitrogens is 2. The molecule has 1 aliphatic rings. The summed E-state index contributed by atoms with van der Waals surface area (Å²) in [6.45, 7) is 6.32. The molecule has 7 heteroatoms. The van der Waals surface area contributed by atoms with Gasteiger partial charge in [-0.25, -0.2) is 4.68 Å². The summed E-state index contributed by atoms with van der Waals surface area (Å²) >= 11 is 6.23. The average Bonchev–Trinajstić information content (AvgIpc) is 2.89. The Morgan fingerprint density at radius 2 is 2.13 bits per heavy atom. The van der Waals surface area contributed by atoms with Crippen molar-refractivity contribution in [2.75, 3.05) is 19.6 Å². The summed E-state index contributed by atoms with van der Waals surface area (Å²) < 4.78 is 1.72. The van der Waals surface area contributed by atoms with Crippen molar-refractivity contribution in [1.29, 1.82) is 0 Å². The molecule has 1 saturated heterocycles. The molecule has 1 fully saturated rings. The zero-order valence-corrected chi connectivity index (χ0v) is 14.7. The molecule has 2 aromatic rings. The number of amides is 1. The van der Waals surface area contributed by atoms with E-state index in [1.165, 1.54) is 0 Å². The van der Waals surface area contributed by atoms with E-state index >= 15 is 0 Å². The van der Waals surface area contributed by atoms with Gasteiger partial charge in [-0.15, -0.1) is 12.4 Å². The molecule has 1 unspecified atom stereocenters. The average molecular weight is 355 g/mol. The lowest BCUT2D eigenvalue weighted by Crippen LogP contribution is -2.52. The van der Waals surface area contributed by atoms with Crippen molar-refractivity contribution in [2.45, 2.75) is 19.9 Å². The third-order valence-electron chi connectivity index (χ3n) is 4.08. The summed E-state index contributed by atoms with van der Waals surface area (Å²) in [5.74, 6) is 0.0322. The molecule has 2 heterocycles. The van der Waals surface area contributed by atoms with Crippen molar-refractivity contribution in [2.24, 2.45) is 0 Å². The highest BCUT2D eigenvalue weighted by Crippen LogP contribution is 2.23. The molecular formula is C16H20Cl2N4O. The van der Waals surface area contributed by atoms with Gasteiger partial charge in [-0.1, -0.05) is 23.7 Å². The second-order valence-electron chi connectivity index (χ2n) is 5.56. The fraction of sp³-hybridized carbons (Fsp3) is 0.375. The van der Waals surface area contributed by atoms with E-state index in [4.69, 9.17) is 11.6 Å². The van der Waals surface area contributed by atoms with Crippen molar-refractivity contribution in [3.63, 3.8) is 0 Å². The van der Waals surface area contributed by atoms with Gasteiger partial charge in [0, 0.05) is 25.7 Å². The maximum Gasteiger partial charge on any atom is 0.257 e. The standard InChI is InChI=1S/C16H19ClN4O.ClH/c1-11-9-18-7-8-20(11)16(22)13-10-19-21(12(13)2)15-6-4-3-5-14(15)17;/h3-6,10-11,18H,7-9H2,1-2H3;1H. The highest BCUT2D eigenvalue weighted by Gasteiger charge is 2.27. The number of nitrogens with one attached hydrogen (secondary N) is 1. The fourth-order valence-electron chi connectivity index (χ4n) is 2.78. The van der Waals surface area contributed by atoms with Gasteiger partial charge in [0.25, 0.3) is 5.91 Å². The number of halogens is 2. The number of nitrogens with zero attached hydrogens (tertiary/aromatic N) is 3. The Labute approximate surface area is 147 Å². The van der Waals surface area contributed by atoms with Gasteiger partial charge >= 0.3 is 0 Å². The molecule has 0 spiro atoms. The first kappa shape index (κ1) is 17.8. The molecule has 1 atom stereocenters. The first-order valence-corrected chi connectivity index (χ1v) is 7.78. The minimum absolute atomic E-state index is 0. The van der Waals surface area contributed by atoms with Crippen LogP contribution in [0.15, 0.2) is 30.5 Å². The molecule has 1 aromatic heterocycles. The minimum Gasteiger partial charge on any atom is -0.333 e. The first-order chi connectivity index (χ1) is 10.6. The fourth-order valence-corrected chi connectivity index (χ4v) is 3.00. The first-order valence-electron chi connectivity index (χ1n) is 7.41. The van der Waals surface area contributed by atoms with Crippen LogP contribution < -0.4 is 5.32 Å². The van der Waals surface area contributed by atoms with Crippen LogP contribution in [0.3, 0.4) is 0 Å². The van der Waals surface area contributed by atoms with Crippen LogP contribution in [0.2, 0.25) is 5.02 Å². The lowest BCUT2D eigenvalue weighted by Gasteiger charge is -2.33. The van der Waals surface area contributed by atoms with E-state index in [2.05, 4.69) is 17.3 Å². The van der Waals surface area contributed by atoms with E-state index < -0.39 is 0 Å². The van der Waals surface area contributed by atoms with Crippen LogP contribution in [-0.4, -0.2) is 46.3 Å². The van der Waals surface area contributed by atoms with Crippen LogP contribution in [0, 0.1) is 6.92 Å². The number of piperazine rings is 1. The maximum absolute atomic E-state index is 12.8.